The Labute approximate surface area is 204 Å². The number of carbonyl (C=O) groups excluding carboxylic acids is 2. The van der Waals surface area contributed by atoms with E-state index in [4.69, 9.17) is 9.47 Å². The highest BCUT2D eigenvalue weighted by molar-refractivity contribution is 6.09. The highest BCUT2D eigenvalue weighted by Gasteiger charge is 2.27. The van der Waals surface area contributed by atoms with Gasteiger partial charge in [0.05, 0.1) is 12.8 Å². The Hall–Kier alpha value is -4.26. The van der Waals surface area contributed by atoms with Gasteiger partial charge >= 0.3 is 0 Å². The van der Waals surface area contributed by atoms with Crippen LogP contribution in [-0.4, -0.2) is 57.1 Å². The number of hydrogen-bond donors (Lipinski definition) is 0. The lowest BCUT2D eigenvalue weighted by Gasteiger charge is -2.36. The van der Waals surface area contributed by atoms with E-state index in [0.29, 0.717) is 24.4 Å². The van der Waals surface area contributed by atoms with Gasteiger partial charge in [0.15, 0.2) is 11.5 Å². The van der Waals surface area contributed by atoms with Gasteiger partial charge in [-0.1, -0.05) is 30.3 Å². The number of para-hydroxylation sites is 2. The summed E-state index contributed by atoms with van der Waals surface area (Å²) in [5.41, 5.74) is 3.25. The maximum atomic E-state index is 13.1. The Morgan fingerprint density at radius 2 is 1.69 bits per heavy atom. The first-order chi connectivity index (χ1) is 17.0. The van der Waals surface area contributed by atoms with Gasteiger partial charge in [0, 0.05) is 50.5 Å². The minimum absolute atomic E-state index is 0.00755. The van der Waals surface area contributed by atoms with E-state index in [1.165, 1.54) is 0 Å². The van der Waals surface area contributed by atoms with Crippen molar-refractivity contribution >= 4 is 29.3 Å². The highest BCUT2D eigenvalue weighted by atomic mass is 16.5. The number of ether oxygens (including phenoxy) is 2. The number of carbonyl (C=O) groups is 2. The lowest BCUT2D eigenvalue weighted by Crippen LogP contribution is -2.48. The van der Waals surface area contributed by atoms with Gasteiger partial charge in [0.2, 0.25) is 0 Å². The molecule has 0 aromatic heterocycles. The first-order valence-corrected chi connectivity index (χ1v) is 11.6. The maximum absolute atomic E-state index is 13.1. The number of nitrogens with zero attached hydrogens (tertiary/aromatic N) is 3. The molecule has 0 saturated carbocycles. The zero-order valence-corrected chi connectivity index (χ0v) is 19.8. The number of rotatable bonds is 4. The monoisotopic (exact) mass is 469 g/mol. The summed E-state index contributed by atoms with van der Waals surface area (Å²) in [6.07, 6.45) is 1.70. The fraction of sp³-hybridized carbons (Fsp3) is 0.214. The van der Waals surface area contributed by atoms with Crippen molar-refractivity contribution in [3.8, 4) is 11.5 Å². The number of benzene rings is 3. The van der Waals surface area contributed by atoms with Crippen LogP contribution < -0.4 is 19.3 Å². The number of methoxy groups -OCH3 is 1. The summed E-state index contributed by atoms with van der Waals surface area (Å²) >= 11 is 0. The fourth-order valence-electron chi connectivity index (χ4n) is 4.38. The second-order valence-corrected chi connectivity index (χ2v) is 8.55. The molecule has 2 aliphatic rings. The molecule has 1 fully saturated rings. The lowest BCUT2D eigenvalue weighted by atomic mass is 10.1. The molecule has 7 heteroatoms. The molecule has 5 rings (SSSR count). The standard InChI is InChI=1S/C28H27N3O4/c1-29-24-8-3-4-9-25(24)35-26(28(29)33)18-20-10-12-21(13-11-20)27(32)31-16-14-30(15-17-31)22-6-5-7-23(19-22)34-2/h3-13,18-19H,14-17H2,1-2H3. The van der Waals surface area contributed by atoms with Crippen LogP contribution in [0.15, 0.2) is 78.6 Å². The zero-order chi connectivity index (χ0) is 24.4. The van der Waals surface area contributed by atoms with E-state index in [-0.39, 0.29) is 17.6 Å². The van der Waals surface area contributed by atoms with Crippen LogP contribution in [0.5, 0.6) is 11.5 Å². The third-order valence-corrected chi connectivity index (χ3v) is 6.40. The minimum atomic E-state index is -0.210. The molecular weight excluding hydrogens is 442 g/mol. The molecule has 0 N–H and O–H groups in total. The smallest absolute Gasteiger partial charge is 0.293 e. The van der Waals surface area contributed by atoms with Crippen LogP contribution in [0.25, 0.3) is 6.08 Å². The minimum Gasteiger partial charge on any atom is -0.497 e. The van der Waals surface area contributed by atoms with Gasteiger partial charge in [-0.25, -0.2) is 0 Å². The van der Waals surface area contributed by atoms with Crippen molar-refractivity contribution in [2.24, 2.45) is 0 Å². The fourth-order valence-corrected chi connectivity index (χ4v) is 4.38. The van der Waals surface area contributed by atoms with Crippen molar-refractivity contribution in [3.05, 3.63) is 89.7 Å². The average Bonchev–Trinajstić information content (AvgIpc) is 2.92. The second-order valence-electron chi connectivity index (χ2n) is 8.55. The molecule has 2 heterocycles. The zero-order valence-electron chi connectivity index (χ0n) is 19.8. The molecule has 3 aromatic carbocycles. The molecule has 7 nitrogen and oxygen atoms in total. The Kier molecular flexibility index (Phi) is 6.14. The summed E-state index contributed by atoms with van der Waals surface area (Å²) < 4.78 is 11.2. The van der Waals surface area contributed by atoms with E-state index in [1.807, 2.05) is 59.5 Å². The van der Waals surface area contributed by atoms with Gasteiger partial charge in [-0.15, -0.1) is 0 Å². The van der Waals surface area contributed by atoms with E-state index in [0.717, 1.165) is 35.8 Å². The molecule has 0 atom stereocenters. The summed E-state index contributed by atoms with van der Waals surface area (Å²) in [6.45, 7) is 2.82. The molecule has 178 valence electrons. The van der Waals surface area contributed by atoms with Crippen LogP contribution in [0.1, 0.15) is 15.9 Å². The Morgan fingerprint density at radius 1 is 0.943 bits per heavy atom. The molecule has 0 radical (unpaired) electrons. The van der Waals surface area contributed by atoms with Gasteiger partial charge in [0.25, 0.3) is 11.8 Å². The molecule has 0 spiro atoms. The topological polar surface area (TPSA) is 62.3 Å². The van der Waals surface area contributed by atoms with Crippen molar-refractivity contribution in [2.45, 2.75) is 0 Å². The summed E-state index contributed by atoms with van der Waals surface area (Å²) in [5.74, 6) is 1.51. The van der Waals surface area contributed by atoms with E-state index in [9.17, 15) is 9.59 Å². The average molecular weight is 470 g/mol. The van der Waals surface area contributed by atoms with Crippen LogP contribution in [0, 0.1) is 0 Å². The number of amides is 2. The Bertz CT molecular complexity index is 1280. The van der Waals surface area contributed by atoms with Gasteiger partial charge in [-0.3, -0.25) is 9.59 Å². The van der Waals surface area contributed by atoms with Crippen LogP contribution in [0.3, 0.4) is 0 Å². The lowest BCUT2D eigenvalue weighted by molar-refractivity contribution is -0.117. The first-order valence-electron chi connectivity index (χ1n) is 11.6. The van der Waals surface area contributed by atoms with Crippen LogP contribution >= 0.6 is 0 Å². The van der Waals surface area contributed by atoms with E-state index in [1.54, 1.807) is 37.3 Å². The SMILES string of the molecule is COc1cccc(N2CCN(C(=O)c3ccc(C=C4Oc5ccccc5N(C)C4=O)cc3)CC2)c1. The van der Waals surface area contributed by atoms with Gasteiger partial charge < -0.3 is 24.2 Å². The predicted octanol–water partition coefficient (Wildman–Crippen LogP) is 4.05. The van der Waals surface area contributed by atoms with Gasteiger partial charge in [-0.05, 0) is 48.0 Å². The third kappa shape index (κ3) is 4.57. The van der Waals surface area contributed by atoms with Crippen molar-refractivity contribution < 1.29 is 19.1 Å². The van der Waals surface area contributed by atoms with E-state index in [2.05, 4.69) is 11.0 Å². The summed E-state index contributed by atoms with van der Waals surface area (Å²) in [7, 11) is 3.39. The molecule has 1 saturated heterocycles. The molecule has 2 aliphatic heterocycles. The normalized spacial score (nSPS) is 16.7. The van der Waals surface area contributed by atoms with Gasteiger partial charge in [-0.2, -0.15) is 0 Å². The Morgan fingerprint density at radius 3 is 2.43 bits per heavy atom. The number of piperazine rings is 1. The van der Waals surface area contributed by atoms with Crippen molar-refractivity contribution in [1.82, 2.24) is 4.90 Å². The maximum Gasteiger partial charge on any atom is 0.293 e. The van der Waals surface area contributed by atoms with Crippen molar-refractivity contribution in [2.75, 3.05) is 50.1 Å². The molecule has 3 aromatic rings. The van der Waals surface area contributed by atoms with Crippen molar-refractivity contribution in [1.29, 1.82) is 0 Å². The molecule has 0 aliphatic carbocycles. The van der Waals surface area contributed by atoms with Crippen molar-refractivity contribution in [3.63, 3.8) is 0 Å². The molecule has 0 unspecified atom stereocenters. The third-order valence-electron chi connectivity index (χ3n) is 6.40. The van der Waals surface area contributed by atoms with Crippen LogP contribution in [0.2, 0.25) is 0 Å². The number of likely N-dealkylation sites (N-methyl/N-ethyl adjacent to an activating group) is 1. The van der Waals surface area contributed by atoms with E-state index < -0.39 is 0 Å². The van der Waals surface area contributed by atoms with Crippen LogP contribution in [-0.2, 0) is 4.79 Å². The van der Waals surface area contributed by atoms with E-state index >= 15 is 0 Å². The molecule has 35 heavy (non-hydrogen) atoms. The number of hydrogen-bond acceptors (Lipinski definition) is 5. The number of fused-ring (bicyclic) bond motifs is 1. The largest absolute Gasteiger partial charge is 0.497 e. The van der Waals surface area contributed by atoms with Crippen LogP contribution in [0.4, 0.5) is 11.4 Å². The van der Waals surface area contributed by atoms with Gasteiger partial charge in [0.1, 0.15) is 5.75 Å². The Balaban J connectivity index is 1.24. The summed E-state index contributed by atoms with van der Waals surface area (Å²) in [6, 6.07) is 22.7. The summed E-state index contributed by atoms with van der Waals surface area (Å²) in [5, 5.41) is 0. The highest BCUT2D eigenvalue weighted by Crippen LogP contribution is 2.34. The molecule has 0 bridgehead atoms. The molecular formula is C28H27N3O4. The second kappa shape index (κ2) is 9.54. The number of anilines is 2. The quantitative estimate of drug-likeness (QED) is 0.540. The molecule has 2 amide bonds. The summed E-state index contributed by atoms with van der Waals surface area (Å²) in [4.78, 5) is 31.5. The first kappa shape index (κ1) is 22.5. The predicted molar refractivity (Wildman–Crippen MR) is 136 cm³/mol.